The largest absolute Gasteiger partial charge is 0.471 e. The van der Waals surface area contributed by atoms with Crippen LogP contribution in [-0.4, -0.2) is 19.2 Å². The molecule has 0 bridgehead atoms. The number of fused-ring (bicyclic) bond motifs is 1. The van der Waals surface area contributed by atoms with Crippen LogP contribution in [0.3, 0.4) is 0 Å². The van der Waals surface area contributed by atoms with Gasteiger partial charge in [-0.1, -0.05) is 35.9 Å². The lowest BCUT2D eigenvalue weighted by molar-refractivity contribution is -0.152. The molecule has 0 amide bonds. The number of hydrogen-bond acceptors (Lipinski definition) is 4. The van der Waals surface area contributed by atoms with Gasteiger partial charge in [-0.2, -0.15) is 23.2 Å². The average molecular weight is 473 g/mol. The summed E-state index contributed by atoms with van der Waals surface area (Å²) in [5, 5.41) is 9.47. The quantitative estimate of drug-likeness (QED) is 0.425. The van der Waals surface area contributed by atoms with Crippen molar-refractivity contribution in [2.24, 2.45) is 0 Å². The highest BCUT2D eigenvalue weighted by Crippen LogP contribution is 2.39. The van der Waals surface area contributed by atoms with Gasteiger partial charge in [-0.15, -0.1) is 0 Å². The Hall–Kier alpha value is -3.55. The molecule has 10 heteroatoms. The predicted octanol–water partition coefficient (Wildman–Crippen LogP) is 5.04. The Balaban J connectivity index is 1.86. The van der Waals surface area contributed by atoms with Crippen LogP contribution in [-0.2, 0) is 16.6 Å². The fourth-order valence-corrected chi connectivity index (χ4v) is 4.82. The standard InChI is InChI=1S/C23H18F3N3O3S/c1-15-3-2-4-17(9-15)12-29-13-20(19-6-5-16(11-27)10-21(19)29)22(23(24,25)26)28-33(30,31)18-7-8-32-14-18/h2-10,13-14,22,28H,12H2,1H3. The van der Waals surface area contributed by atoms with Crippen LogP contribution in [0.4, 0.5) is 13.2 Å². The van der Waals surface area contributed by atoms with E-state index >= 15 is 0 Å². The third-order valence-electron chi connectivity index (χ3n) is 5.19. The number of nitrogens with one attached hydrogen (secondary N) is 1. The second-order valence-corrected chi connectivity index (χ2v) is 9.31. The van der Waals surface area contributed by atoms with Crippen LogP contribution in [0, 0.1) is 18.3 Å². The molecule has 0 aliphatic heterocycles. The molecule has 0 aliphatic rings. The third-order valence-corrected chi connectivity index (χ3v) is 6.59. The first-order chi connectivity index (χ1) is 15.6. The van der Waals surface area contributed by atoms with Gasteiger partial charge >= 0.3 is 6.18 Å². The zero-order chi connectivity index (χ0) is 23.8. The highest BCUT2D eigenvalue weighted by Gasteiger charge is 2.45. The monoisotopic (exact) mass is 473 g/mol. The van der Waals surface area contributed by atoms with E-state index in [1.807, 2.05) is 37.3 Å². The molecule has 2 heterocycles. The summed E-state index contributed by atoms with van der Waals surface area (Å²) < 4.78 is 75.6. The predicted molar refractivity (Wildman–Crippen MR) is 115 cm³/mol. The maximum atomic E-state index is 14.1. The van der Waals surface area contributed by atoms with Crippen LogP contribution in [0.15, 0.2) is 76.6 Å². The van der Waals surface area contributed by atoms with E-state index in [-0.39, 0.29) is 23.1 Å². The highest BCUT2D eigenvalue weighted by atomic mass is 32.2. The van der Waals surface area contributed by atoms with E-state index in [0.29, 0.717) is 5.52 Å². The van der Waals surface area contributed by atoms with Gasteiger partial charge in [0.15, 0.2) is 0 Å². The zero-order valence-corrected chi connectivity index (χ0v) is 18.1. The van der Waals surface area contributed by atoms with E-state index in [4.69, 9.17) is 4.42 Å². The normalized spacial score (nSPS) is 13.2. The number of aromatic nitrogens is 1. The fourth-order valence-electron chi connectivity index (χ4n) is 3.69. The van der Waals surface area contributed by atoms with Crippen molar-refractivity contribution < 1.29 is 26.0 Å². The van der Waals surface area contributed by atoms with Crippen molar-refractivity contribution in [1.82, 2.24) is 9.29 Å². The van der Waals surface area contributed by atoms with Crippen molar-refractivity contribution in [3.05, 3.63) is 89.5 Å². The van der Waals surface area contributed by atoms with Gasteiger partial charge in [0.05, 0.1) is 17.9 Å². The van der Waals surface area contributed by atoms with Gasteiger partial charge in [-0.3, -0.25) is 0 Å². The number of benzene rings is 2. The van der Waals surface area contributed by atoms with Gasteiger partial charge in [0, 0.05) is 29.2 Å². The first-order valence-electron chi connectivity index (χ1n) is 9.78. The summed E-state index contributed by atoms with van der Waals surface area (Å²) in [4.78, 5) is -0.410. The zero-order valence-electron chi connectivity index (χ0n) is 17.3. The van der Waals surface area contributed by atoms with E-state index in [9.17, 15) is 26.9 Å². The number of nitrogens with zero attached hydrogens (tertiary/aromatic N) is 2. The van der Waals surface area contributed by atoms with Crippen LogP contribution >= 0.6 is 0 Å². The number of furan rings is 1. The van der Waals surface area contributed by atoms with Crippen molar-refractivity contribution in [3.63, 3.8) is 0 Å². The summed E-state index contributed by atoms with van der Waals surface area (Å²) in [5.41, 5.74) is 2.25. The fraction of sp³-hybridized carbons (Fsp3) is 0.174. The Morgan fingerprint density at radius 2 is 1.97 bits per heavy atom. The second kappa shape index (κ2) is 8.42. The minimum Gasteiger partial charge on any atom is -0.471 e. The van der Waals surface area contributed by atoms with E-state index in [1.54, 1.807) is 9.29 Å². The maximum absolute atomic E-state index is 14.1. The van der Waals surface area contributed by atoms with Crippen molar-refractivity contribution in [2.75, 3.05) is 0 Å². The van der Waals surface area contributed by atoms with Crippen LogP contribution in [0.1, 0.15) is 28.3 Å². The number of alkyl halides is 3. The van der Waals surface area contributed by atoms with Crippen LogP contribution in [0.5, 0.6) is 0 Å². The van der Waals surface area contributed by atoms with Crippen molar-refractivity contribution in [3.8, 4) is 6.07 Å². The molecule has 1 N–H and O–H groups in total. The molecule has 1 atom stereocenters. The van der Waals surface area contributed by atoms with Crippen LogP contribution < -0.4 is 4.72 Å². The Morgan fingerprint density at radius 1 is 1.18 bits per heavy atom. The molecule has 33 heavy (non-hydrogen) atoms. The van der Waals surface area contributed by atoms with E-state index < -0.39 is 27.1 Å². The Bertz CT molecular complexity index is 1450. The molecule has 0 aliphatic carbocycles. The molecule has 0 spiro atoms. The molecule has 6 nitrogen and oxygen atoms in total. The van der Waals surface area contributed by atoms with E-state index in [2.05, 4.69) is 0 Å². The molecule has 170 valence electrons. The van der Waals surface area contributed by atoms with Gasteiger partial charge < -0.3 is 8.98 Å². The third kappa shape index (κ3) is 4.65. The molecular weight excluding hydrogens is 455 g/mol. The average Bonchev–Trinajstić information content (AvgIpc) is 3.40. The number of nitriles is 1. The minimum absolute atomic E-state index is 0.193. The summed E-state index contributed by atoms with van der Waals surface area (Å²) in [6, 6.07) is 12.3. The number of rotatable bonds is 6. The van der Waals surface area contributed by atoms with Gasteiger partial charge in [-0.05, 0) is 30.7 Å². The lowest BCUT2D eigenvalue weighted by Gasteiger charge is -2.21. The van der Waals surface area contributed by atoms with Gasteiger partial charge in [-0.25, -0.2) is 8.42 Å². The maximum Gasteiger partial charge on any atom is 0.408 e. The molecule has 0 fully saturated rings. The summed E-state index contributed by atoms with van der Waals surface area (Å²) in [6.07, 6.45) is -1.72. The van der Waals surface area contributed by atoms with Crippen LogP contribution in [0.2, 0.25) is 0 Å². The lowest BCUT2D eigenvalue weighted by atomic mass is 10.0. The lowest BCUT2D eigenvalue weighted by Crippen LogP contribution is -2.37. The molecule has 1 unspecified atom stereocenters. The first kappa shape index (κ1) is 22.6. The van der Waals surface area contributed by atoms with E-state index in [0.717, 1.165) is 29.7 Å². The Morgan fingerprint density at radius 3 is 2.61 bits per heavy atom. The molecule has 4 aromatic rings. The van der Waals surface area contributed by atoms with Gasteiger partial charge in [0.2, 0.25) is 10.0 Å². The number of hydrogen-bond donors (Lipinski definition) is 1. The topological polar surface area (TPSA) is 88.0 Å². The highest BCUT2D eigenvalue weighted by molar-refractivity contribution is 7.89. The second-order valence-electron chi connectivity index (χ2n) is 7.60. The van der Waals surface area contributed by atoms with Crippen molar-refractivity contribution in [2.45, 2.75) is 30.6 Å². The van der Waals surface area contributed by atoms with Crippen molar-refractivity contribution >= 4 is 20.9 Å². The SMILES string of the molecule is Cc1cccc(Cn2cc(C(NS(=O)(=O)c3ccoc3)C(F)(F)F)c3ccc(C#N)cc32)c1. The molecule has 4 rings (SSSR count). The molecule has 2 aromatic heterocycles. The van der Waals surface area contributed by atoms with E-state index in [1.165, 1.54) is 24.4 Å². The molecule has 2 aromatic carbocycles. The number of sulfonamides is 1. The Labute approximate surface area is 187 Å². The van der Waals surface area contributed by atoms with Crippen molar-refractivity contribution in [1.29, 1.82) is 5.26 Å². The molecular formula is C23H18F3N3O3S. The minimum atomic E-state index is -4.92. The van der Waals surface area contributed by atoms with Gasteiger partial charge in [0.25, 0.3) is 0 Å². The Kier molecular flexibility index (Phi) is 5.78. The molecule has 0 saturated carbocycles. The molecule has 0 saturated heterocycles. The summed E-state index contributed by atoms with van der Waals surface area (Å²) >= 11 is 0. The van der Waals surface area contributed by atoms with Gasteiger partial charge in [0.1, 0.15) is 17.2 Å². The summed E-state index contributed by atoms with van der Waals surface area (Å²) in [6.45, 7) is 2.15. The van der Waals surface area contributed by atoms with Crippen LogP contribution in [0.25, 0.3) is 10.9 Å². The summed E-state index contributed by atoms with van der Waals surface area (Å²) in [5.74, 6) is 0. The number of aryl methyl sites for hydroxylation is 1. The smallest absolute Gasteiger partial charge is 0.408 e. The summed E-state index contributed by atoms with van der Waals surface area (Å²) in [7, 11) is -4.51. The molecule has 0 radical (unpaired) electrons. The first-order valence-corrected chi connectivity index (χ1v) is 11.3. The number of halogens is 3.